The summed E-state index contributed by atoms with van der Waals surface area (Å²) in [6.45, 7) is 3.12. The SMILES string of the molecule is C=CS(=O)(=O)Nc1ccc(Cl)cc1O. The van der Waals surface area contributed by atoms with Gasteiger partial charge in [0, 0.05) is 16.5 Å². The lowest BCUT2D eigenvalue weighted by atomic mass is 10.3. The van der Waals surface area contributed by atoms with E-state index in [-0.39, 0.29) is 11.4 Å². The number of anilines is 1. The van der Waals surface area contributed by atoms with Gasteiger partial charge in [0.1, 0.15) is 5.75 Å². The van der Waals surface area contributed by atoms with E-state index in [4.69, 9.17) is 11.6 Å². The molecule has 0 saturated carbocycles. The molecule has 0 saturated heterocycles. The molecule has 0 bridgehead atoms. The number of sulfonamides is 1. The Morgan fingerprint density at radius 2 is 2.14 bits per heavy atom. The lowest BCUT2D eigenvalue weighted by molar-refractivity contribution is 0.478. The summed E-state index contributed by atoms with van der Waals surface area (Å²) >= 11 is 5.56. The minimum Gasteiger partial charge on any atom is -0.506 e. The van der Waals surface area contributed by atoms with Crippen LogP contribution in [0.15, 0.2) is 30.2 Å². The maximum Gasteiger partial charge on any atom is 0.254 e. The fourth-order valence-corrected chi connectivity index (χ4v) is 1.51. The van der Waals surface area contributed by atoms with Gasteiger partial charge in [0.05, 0.1) is 5.69 Å². The smallest absolute Gasteiger partial charge is 0.254 e. The Hall–Kier alpha value is -1.20. The maximum atomic E-state index is 11.0. The number of phenolic OH excluding ortho intramolecular Hbond substituents is 1. The Balaban J connectivity index is 3.05. The maximum absolute atomic E-state index is 11.0. The second-order valence-electron chi connectivity index (χ2n) is 2.48. The van der Waals surface area contributed by atoms with Crippen molar-refractivity contribution in [3.63, 3.8) is 0 Å². The molecule has 0 aliphatic rings. The fourth-order valence-electron chi connectivity index (χ4n) is 0.786. The third kappa shape index (κ3) is 2.65. The third-order valence-corrected chi connectivity index (χ3v) is 2.61. The number of halogens is 1. The molecule has 0 spiro atoms. The highest BCUT2D eigenvalue weighted by atomic mass is 35.5. The number of benzene rings is 1. The molecule has 0 unspecified atom stereocenters. The van der Waals surface area contributed by atoms with Crippen molar-refractivity contribution in [1.82, 2.24) is 0 Å². The fraction of sp³-hybridized carbons (Fsp3) is 0. The minimum absolute atomic E-state index is 0.0642. The first kappa shape index (κ1) is 10.9. The Bertz CT molecular complexity index is 456. The van der Waals surface area contributed by atoms with Crippen LogP contribution in [0.4, 0.5) is 5.69 Å². The summed E-state index contributed by atoms with van der Waals surface area (Å²) in [5, 5.41) is 10.4. The molecule has 0 heterocycles. The van der Waals surface area contributed by atoms with Crippen molar-refractivity contribution in [1.29, 1.82) is 0 Å². The van der Waals surface area contributed by atoms with Crippen LogP contribution >= 0.6 is 11.6 Å². The van der Waals surface area contributed by atoms with Crippen LogP contribution in [0.5, 0.6) is 5.75 Å². The zero-order valence-electron chi connectivity index (χ0n) is 7.07. The van der Waals surface area contributed by atoms with Gasteiger partial charge >= 0.3 is 0 Å². The zero-order chi connectivity index (χ0) is 10.8. The van der Waals surface area contributed by atoms with Crippen molar-refractivity contribution < 1.29 is 13.5 Å². The summed E-state index contributed by atoms with van der Waals surface area (Å²) in [7, 11) is -3.60. The molecule has 4 nitrogen and oxygen atoms in total. The zero-order valence-corrected chi connectivity index (χ0v) is 8.64. The molecule has 14 heavy (non-hydrogen) atoms. The van der Waals surface area contributed by atoms with Gasteiger partial charge in [-0.05, 0) is 12.1 Å². The molecule has 0 aromatic heterocycles. The van der Waals surface area contributed by atoms with Gasteiger partial charge in [0.25, 0.3) is 10.0 Å². The van der Waals surface area contributed by atoms with Crippen LogP contribution in [0.25, 0.3) is 0 Å². The summed E-state index contributed by atoms with van der Waals surface area (Å²) in [6, 6.07) is 4.06. The average molecular weight is 234 g/mol. The minimum atomic E-state index is -3.60. The predicted octanol–water partition coefficient (Wildman–Crippen LogP) is 1.93. The van der Waals surface area contributed by atoms with E-state index in [0.29, 0.717) is 5.02 Å². The van der Waals surface area contributed by atoms with Crippen molar-refractivity contribution in [2.75, 3.05) is 4.72 Å². The largest absolute Gasteiger partial charge is 0.506 e. The highest BCUT2D eigenvalue weighted by Gasteiger charge is 2.08. The van der Waals surface area contributed by atoms with Gasteiger partial charge in [-0.3, -0.25) is 4.72 Å². The standard InChI is InChI=1S/C8H8ClNO3S/c1-2-14(12,13)10-7-4-3-6(9)5-8(7)11/h2-5,10-11H,1H2. The molecule has 1 aromatic carbocycles. The number of nitrogens with one attached hydrogen (secondary N) is 1. The quantitative estimate of drug-likeness (QED) is 0.784. The molecular formula is C8H8ClNO3S. The number of rotatable bonds is 3. The molecule has 0 aliphatic heterocycles. The molecule has 76 valence electrons. The van der Waals surface area contributed by atoms with E-state index in [2.05, 4.69) is 11.3 Å². The second kappa shape index (κ2) is 3.89. The molecule has 0 atom stereocenters. The Morgan fingerprint density at radius 3 is 2.64 bits per heavy atom. The summed E-state index contributed by atoms with van der Waals surface area (Å²) in [5.41, 5.74) is 0.0642. The molecule has 0 fully saturated rings. The number of hydrogen-bond acceptors (Lipinski definition) is 3. The van der Waals surface area contributed by atoms with Crippen molar-refractivity contribution in [2.45, 2.75) is 0 Å². The number of hydrogen-bond donors (Lipinski definition) is 2. The van der Waals surface area contributed by atoms with Gasteiger partial charge in [-0.1, -0.05) is 18.2 Å². The van der Waals surface area contributed by atoms with Crippen LogP contribution in [0.2, 0.25) is 5.02 Å². The molecule has 0 aliphatic carbocycles. The van der Waals surface area contributed by atoms with Crippen LogP contribution in [0, 0.1) is 0 Å². The van der Waals surface area contributed by atoms with E-state index >= 15 is 0 Å². The van der Waals surface area contributed by atoms with E-state index in [1.165, 1.54) is 18.2 Å². The monoisotopic (exact) mass is 233 g/mol. The van der Waals surface area contributed by atoms with E-state index in [1.54, 1.807) is 0 Å². The molecule has 2 N–H and O–H groups in total. The second-order valence-corrected chi connectivity index (χ2v) is 4.54. The van der Waals surface area contributed by atoms with Crippen molar-refractivity contribution in [2.24, 2.45) is 0 Å². The van der Waals surface area contributed by atoms with E-state index < -0.39 is 10.0 Å². The molecule has 6 heteroatoms. The topological polar surface area (TPSA) is 66.4 Å². The van der Waals surface area contributed by atoms with Gasteiger partial charge in [-0.15, -0.1) is 0 Å². The molecule has 1 rings (SSSR count). The van der Waals surface area contributed by atoms with E-state index in [0.717, 1.165) is 5.41 Å². The summed E-state index contributed by atoms with van der Waals surface area (Å²) in [4.78, 5) is 0. The summed E-state index contributed by atoms with van der Waals surface area (Å²) in [5.74, 6) is -0.233. The number of aromatic hydroxyl groups is 1. The van der Waals surface area contributed by atoms with Crippen LogP contribution in [-0.2, 0) is 10.0 Å². The van der Waals surface area contributed by atoms with Gasteiger partial charge < -0.3 is 5.11 Å². The summed E-state index contributed by atoms with van der Waals surface area (Å²) in [6.07, 6.45) is 0. The summed E-state index contributed by atoms with van der Waals surface area (Å²) < 4.78 is 24.2. The Morgan fingerprint density at radius 1 is 1.50 bits per heavy atom. The van der Waals surface area contributed by atoms with Crippen LogP contribution in [-0.4, -0.2) is 13.5 Å². The van der Waals surface area contributed by atoms with Gasteiger partial charge in [-0.2, -0.15) is 0 Å². The van der Waals surface area contributed by atoms with E-state index in [9.17, 15) is 13.5 Å². The third-order valence-electron chi connectivity index (χ3n) is 1.43. The lowest BCUT2D eigenvalue weighted by Gasteiger charge is -2.06. The van der Waals surface area contributed by atoms with Crippen molar-refractivity contribution in [3.05, 3.63) is 35.2 Å². The van der Waals surface area contributed by atoms with Crippen LogP contribution < -0.4 is 4.72 Å². The Labute approximate surface area is 86.9 Å². The Kier molecular flexibility index (Phi) is 3.03. The van der Waals surface area contributed by atoms with Crippen molar-refractivity contribution in [3.8, 4) is 5.75 Å². The molecule has 0 radical (unpaired) electrons. The first-order valence-electron chi connectivity index (χ1n) is 3.58. The van der Waals surface area contributed by atoms with Crippen LogP contribution in [0.3, 0.4) is 0 Å². The first-order chi connectivity index (χ1) is 6.44. The van der Waals surface area contributed by atoms with Crippen LogP contribution in [0.1, 0.15) is 0 Å². The number of phenols is 1. The lowest BCUT2D eigenvalue weighted by Crippen LogP contribution is -2.08. The highest BCUT2D eigenvalue weighted by Crippen LogP contribution is 2.27. The van der Waals surface area contributed by atoms with Gasteiger partial charge in [0.2, 0.25) is 0 Å². The molecule has 0 amide bonds. The first-order valence-corrected chi connectivity index (χ1v) is 5.51. The van der Waals surface area contributed by atoms with Gasteiger partial charge in [-0.25, -0.2) is 8.42 Å². The normalized spacial score (nSPS) is 10.9. The molecule has 1 aromatic rings. The van der Waals surface area contributed by atoms with Gasteiger partial charge in [0.15, 0.2) is 0 Å². The predicted molar refractivity (Wildman–Crippen MR) is 55.9 cm³/mol. The van der Waals surface area contributed by atoms with Crippen molar-refractivity contribution >= 4 is 27.3 Å². The molecular weight excluding hydrogens is 226 g/mol. The highest BCUT2D eigenvalue weighted by molar-refractivity contribution is 7.95. The average Bonchev–Trinajstić information content (AvgIpc) is 2.10. The van der Waals surface area contributed by atoms with E-state index in [1.807, 2.05) is 0 Å².